The zero-order chi connectivity index (χ0) is 18.3. The monoisotopic (exact) mass is 390 g/mol. The molecule has 0 saturated carbocycles. The Morgan fingerprint density at radius 2 is 2.04 bits per heavy atom. The number of aryl methyl sites for hydroxylation is 1. The Bertz CT molecular complexity index is 1030. The van der Waals surface area contributed by atoms with Crippen molar-refractivity contribution in [3.8, 4) is 0 Å². The van der Waals surface area contributed by atoms with E-state index in [2.05, 4.69) is 4.98 Å². The van der Waals surface area contributed by atoms with Crippen LogP contribution in [0.25, 0.3) is 11.1 Å². The third kappa shape index (κ3) is 3.13. The van der Waals surface area contributed by atoms with Gasteiger partial charge >= 0.3 is 0 Å². The van der Waals surface area contributed by atoms with E-state index in [0.29, 0.717) is 19.0 Å². The summed E-state index contributed by atoms with van der Waals surface area (Å²) in [6.45, 7) is 2.70. The van der Waals surface area contributed by atoms with Crippen LogP contribution >= 0.6 is 11.6 Å². The number of para-hydroxylation sites is 2. The third-order valence-electron chi connectivity index (χ3n) is 4.75. The van der Waals surface area contributed by atoms with Crippen molar-refractivity contribution in [3.05, 3.63) is 58.9 Å². The molecule has 5 nitrogen and oxygen atoms in total. The van der Waals surface area contributed by atoms with Crippen molar-refractivity contribution < 1.29 is 12.8 Å². The van der Waals surface area contributed by atoms with Crippen molar-refractivity contribution in [1.29, 1.82) is 0 Å². The molecule has 4 rings (SSSR count). The molecule has 7 heteroatoms. The molecular formula is C19H19ClN2O3S. The van der Waals surface area contributed by atoms with Gasteiger partial charge in [0.25, 0.3) is 0 Å². The minimum atomic E-state index is -3.65. The van der Waals surface area contributed by atoms with Gasteiger partial charge in [-0.25, -0.2) is 13.4 Å². The highest BCUT2D eigenvalue weighted by atomic mass is 35.5. The van der Waals surface area contributed by atoms with Gasteiger partial charge in [-0.2, -0.15) is 4.31 Å². The fraction of sp³-hybridized carbons (Fsp3) is 0.316. The molecule has 1 saturated heterocycles. The number of fused-ring (bicyclic) bond motifs is 1. The number of aromatic nitrogens is 1. The molecule has 0 spiro atoms. The molecular weight excluding hydrogens is 372 g/mol. The van der Waals surface area contributed by atoms with E-state index in [4.69, 9.17) is 16.0 Å². The van der Waals surface area contributed by atoms with Crippen LogP contribution in [0.5, 0.6) is 0 Å². The molecule has 0 radical (unpaired) electrons. The maximum atomic E-state index is 13.1. The number of rotatable bonds is 3. The molecule has 26 heavy (non-hydrogen) atoms. The Hall–Kier alpha value is -1.89. The van der Waals surface area contributed by atoms with Crippen LogP contribution in [0, 0.1) is 6.92 Å². The van der Waals surface area contributed by atoms with E-state index in [-0.39, 0.29) is 15.8 Å². The molecule has 2 heterocycles. The van der Waals surface area contributed by atoms with Gasteiger partial charge in [-0.1, -0.05) is 29.8 Å². The fourth-order valence-corrected chi connectivity index (χ4v) is 5.48. The van der Waals surface area contributed by atoms with Crippen molar-refractivity contribution >= 4 is 32.7 Å². The standard InChI is InChI=1S/C19H19ClN2O3S/c1-13-8-9-18(15(20)11-13)26(23,24)22-10-4-5-14(12-22)19-21-16-6-2-3-7-17(16)25-19/h2-3,6-9,11,14H,4-5,10,12H2,1H3. The van der Waals surface area contributed by atoms with Crippen LogP contribution < -0.4 is 0 Å². The van der Waals surface area contributed by atoms with Gasteiger partial charge in [-0.3, -0.25) is 0 Å². The molecule has 136 valence electrons. The van der Waals surface area contributed by atoms with Crippen LogP contribution in [0.15, 0.2) is 51.8 Å². The molecule has 1 unspecified atom stereocenters. The number of oxazole rings is 1. The Kier molecular flexibility index (Phi) is 4.50. The fourth-order valence-electron chi connectivity index (χ4n) is 3.38. The topological polar surface area (TPSA) is 63.4 Å². The molecule has 1 aromatic heterocycles. The third-order valence-corrected chi connectivity index (χ3v) is 7.10. The van der Waals surface area contributed by atoms with E-state index in [0.717, 1.165) is 29.5 Å². The van der Waals surface area contributed by atoms with Gasteiger partial charge in [0.05, 0.1) is 5.02 Å². The number of piperidine rings is 1. The van der Waals surface area contributed by atoms with Crippen LogP contribution in [-0.4, -0.2) is 30.8 Å². The SMILES string of the molecule is Cc1ccc(S(=O)(=O)N2CCCC(c3nc4ccccc4o3)C2)c(Cl)c1. The van der Waals surface area contributed by atoms with E-state index in [1.165, 1.54) is 4.31 Å². The smallest absolute Gasteiger partial charge is 0.244 e. The second kappa shape index (κ2) is 6.68. The summed E-state index contributed by atoms with van der Waals surface area (Å²) in [4.78, 5) is 4.70. The van der Waals surface area contributed by atoms with Gasteiger partial charge in [0, 0.05) is 19.0 Å². The lowest BCUT2D eigenvalue weighted by Gasteiger charge is -2.30. The molecule has 0 aliphatic carbocycles. The summed E-state index contributed by atoms with van der Waals surface area (Å²) in [5.74, 6) is 0.538. The van der Waals surface area contributed by atoms with E-state index >= 15 is 0 Å². The minimum absolute atomic E-state index is 0.0600. The molecule has 1 atom stereocenters. The van der Waals surface area contributed by atoms with E-state index in [1.54, 1.807) is 18.2 Å². The molecule has 3 aromatic rings. The van der Waals surface area contributed by atoms with Gasteiger partial charge in [0.1, 0.15) is 10.4 Å². The molecule has 1 aliphatic heterocycles. The van der Waals surface area contributed by atoms with Crippen molar-refractivity contribution in [2.24, 2.45) is 0 Å². The predicted octanol–water partition coefficient (Wildman–Crippen LogP) is 4.36. The van der Waals surface area contributed by atoms with Crippen LogP contribution in [0.4, 0.5) is 0 Å². The second-order valence-electron chi connectivity index (χ2n) is 6.66. The zero-order valence-electron chi connectivity index (χ0n) is 14.4. The van der Waals surface area contributed by atoms with Crippen molar-refractivity contribution in [3.63, 3.8) is 0 Å². The maximum Gasteiger partial charge on any atom is 0.244 e. The number of halogens is 1. The molecule has 0 amide bonds. The second-order valence-corrected chi connectivity index (χ2v) is 8.97. The molecule has 2 aromatic carbocycles. The Morgan fingerprint density at radius 1 is 1.23 bits per heavy atom. The lowest BCUT2D eigenvalue weighted by molar-refractivity contribution is 0.288. The highest BCUT2D eigenvalue weighted by Gasteiger charge is 2.34. The van der Waals surface area contributed by atoms with Gasteiger partial charge in [-0.15, -0.1) is 0 Å². The summed E-state index contributed by atoms with van der Waals surface area (Å²) in [7, 11) is -3.65. The number of benzene rings is 2. The van der Waals surface area contributed by atoms with Gasteiger partial charge in [0.15, 0.2) is 11.5 Å². The van der Waals surface area contributed by atoms with Gasteiger partial charge in [-0.05, 0) is 49.6 Å². The van der Waals surface area contributed by atoms with E-state index in [9.17, 15) is 8.42 Å². The van der Waals surface area contributed by atoms with Crippen LogP contribution in [-0.2, 0) is 10.0 Å². The summed E-state index contributed by atoms with van der Waals surface area (Å²) < 4.78 is 33.5. The number of hydrogen-bond acceptors (Lipinski definition) is 4. The first-order valence-electron chi connectivity index (χ1n) is 8.57. The first-order valence-corrected chi connectivity index (χ1v) is 10.4. The molecule has 1 fully saturated rings. The zero-order valence-corrected chi connectivity index (χ0v) is 15.9. The molecule has 0 bridgehead atoms. The first-order chi connectivity index (χ1) is 12.4. The molecule has 1 aliphatic rings. The summed E-state index contributed by atoms with van der Waals surface area (Å²) in [5, 5.41) is 0.258. The first kappa shape index (κ1) is 17.5. The van der Waals surface area contributed by atoms with Crippen LogP contribution in [0.2, 0.25) is 5.02 Å². The summed E-state index contributed by atoms with van der Waals surface area (Å²) >= 11 is 6.20. The minimum Gasteiger partial charge on any atom is -0.440 e. The predicted molar refractivity (Wildman–Crippen MR) is 101 cm³/mol. The Balaban J connectivity index is 1.63. The summed E-state index contributed by atoms with van der Waals surface area (Å²) in [5.41, 5.74) is 2.45. The highest BCUT2D eigenvalue weighted by molar-refractivity contribution is 7.89. The Labute approximate surface area is 157 Å². The summed E-state index contributed by atoms with van der Waals surface area (Å²) in [6.07, 6.45) is 1.60. The average molecular weight is 391 g/mol. The van der Waals surface area contributed by atoms with Crippen LogP contribution in [0.1, 0.15) is 30.2 Å². The van der Waals surface area contributed by atoms with Crippen molar-refractivity contribution in [2.45, 2.75) is 30.6 Å². The van der Waals surface area contributed by atoms with Gasteiger partial charge < -0.3 is 4.42 Å². The van der Waals surface area contributed by atoms with Crippen LogP contribution in [0.3, 0.4) is 0 Å². The highest BCUT2D eigenvalue weighted by Crippen LogP contribution is 2.33. The lowest BCUT2D eigenvalue weighted by atomic mass is 10.00. The normalized spacial score (nSPS) is 19.1. The summed E-state index contributed by atoms with van der Waals surface area (Å²) in [6, 6.07) is 12.6. The molecule has 0 N–H and O–H groups in total. The van der Waals surface area contributed by atoms with Crippen molar-refractivity contribution in [1.82, 2.24) is 9.29 Å². The average Bonchev–Trinajstić information content (AvgIpc) is 3.06. The lowest BCUT2D eigenvalue weighted by Crippen LogP contribution is -2.39. The quantitative estimate of drug-likeness (QED) is 0.666. The Morgan fingerprint density at radius 3 is 2.81 bits per heavy atom. The number of sulfonamides is 1. The van der Waals surface area contributed by atoms with E-state index < -0.39 is 10.0 Å². The van der Waals surface area contributed by atoms with E-state index in [1.807, 2.05) is 31.2 Å². The maximum absolute atomic E-state index is 13.1. The number of hydrogen-bond donors (Lipinski definition) is 0. The van der Waals surface area contributed by atoms with Crippen molar-refractivity contribution in [2.75, 3.05) is 13.1 Å². The largest absolute Gasteiger partial charge is 0.440 e. The van der Waals surface area contributed by atoms with Gasteiger partial charge in [0.2, 0.25) is 10.0 Å². The number of nitrogens with zero attached hydrogens (tertiary/aromatic N) is 2.